The molecule has 0 bridgehead atoms. The third-order valence-corrected chi connectivity index (χ3v) is 2.97. The van der Waals surface area contributed by atoms with Crippen LogP contribution in [0.2, 0.25) is 0 Å². The van der Waals surface area contributed by atoms with Crippen LogP contribution in [0.4, 0.5) is 11.6 Å². The molecule has 5 heteroatoms. The van der Waals surface area contributed by atoms with E-state index in [-0.39, 0.29) is 6.54 Å². The van der Waals surface area contributed by atoms with E-state index in [1.54, 1.807) is 0 Å². The topological polar surface area (TPSA) is 64.8 Å². The molecule has 0 aliphatic heterocycles. The van der Waals surface area contributed by atoms with Crippen LogP contribution in [-0.4, -0.2) is 30.1 Å². The molecular weight excluding hydrogens is 250 g/mol. The van der Waals surface area contributed by atoms with Crippen LogP contribution >= 0.6 is 0 Å². The van der Waals surface area contributed by atoms with Crippen LogP contribution in [0.25, 0.3) is 0 Å². The highest BCUT2D eigenvalue weighted by atomic mass is 15.2. The summed E-state index contributed by atoms with van der Waals surface area (Å²) in [6.07, 6.45) is 2.47. The van der Waals surface area contributed by atoms with Gasteiger partial charge in [-0.15, -0.1) is 0 Å². The van der Waals surface area contributed by atoms with Crippen molar-refractivity contribution in [3.63, 3.8) is 0 Å². The summed E-state index contributed by atoms with van der Waals surface area (Å²) in [5, 5.41) is 11.5. The predicted molar refractivity (Wildman–Crippen MR) is 79.6 cm³/mol. The summed E-state index contributed by atoms with van der Waals surface area (Å²) >= 11 is 0. The van der Waals surface area contributed by atoms with Crippen LogP contribution in [0, 0.1) is 11.3 Å². The molecule has 0 fully saturated rings. The van der Waals surface area contributed by atoms with Crippen molar-refractivity contribution in [3.8, 4) is 6.07 Å². The maximum Gasteiger partial charge on any atom is 0.133 e. The number of aromatic nitrogens is 2. The molecule has 1 aromatic carbocycles. The summed E-state index contributed by atoms with van der Waals surface area (Å²) in [7, 11) is 2.00. The monoisotopic (exact) mass is 267 g/mol. The normalized spacial score (nSPS) is 9.80. The molecule has 0 amide bonds. The zero-order chi connectivity index (χ0) is 14.2. The van der Waals surface area contributed by atoms with E-state index in [4.69, 9.17) is 5.26 Å². The van der Waals surface area contributed by atoms with E-state index in [0.29, 0.717) is 5.82 Å². The van der Waals surface area contributed by atoms with Gasteiger partial charge in [-0.1, -0.05) is 30.3 Å². The first-order valence-corrected chi connectivity index (χ1v) is 6.47. The van der Waals surface area contributed by atoms with Crippen LogP contribution in [0.5, 0.6) is 0 Å². The summed E-state index contributed by atoms with van der Waals surface area (Å²) in [6, 6.07) is 14.2. The minimum atomic E-state index is 0.240. The van der Waals surface area contributed by atoms with Crippen LogP contribution in [-0.2, 0) is 6.42 Å². The Balaban J connectivity index is 1.95. The van der Waals surface area contributed by atoms with Crippen molar-refractivity contribution >= 4 is 11.6 Å². The second-order valence-corrected chi connectivity index (χ2v) is 4.43. The van der Waals surface area contributed by atoms with Crippen molar-refractivity contribution in [2.24, 2.45) is 0 Å². The summed E-state index contributed by atoms with van der Waals surface area (Å²) < 4.78 is 0. The summed E-state index contributed by atoms with van der Waals surface area (Å²) in [5.41, 5.74) is 1.30. The van der Waals surface area contributed by atoms with Crippen molar-refractivity contribution in [1.82, 2.24) is 9.97 Å². The molecule has 20 heavy (non-hydrogen) atoms. The molecule has 2 rings (SSSR count). The quantitative estimate of drug-likeness (QED) is 0.812. The Kier molecular flexibility index (Phi) is 4.90. The van der Waals surface area contributed by atoms with E-state index in [0.717, 1.165) is 18.8 Å². The fourth-order valence-electron chi connectivity index (χ4n) is 1.84. The van der Waals surface area contributed by atoms with Gasteiger partial charge in [-0.25, -0.2) is 9.97 Å². The Bertz CT molecular complexity index is 576. The number of benzene rings is 1. The van der Waals surface area contributed by atoms with Crippen molar-refractivity contribution in [1.29, 1.82) is 5.26 Å². The first-order valence-electron chi connectivity index (χ1n) is 6.47. The summed E-state index contributed by atoms with van der Waals surface area (Å²) in [4.78, 5) is 10.4. The Morgan fingerprint density at radius 1 is 1.25 bits per heavy atom. The van der Waals surface area contributed by atoms with Gasteiger partial charge in [0.1, 0.15) is 24.5 Å². The molecule has 0 aliphatic carbocycles. The van der Waals surface area contributed by atoms with Crippen molar-refractivity contribution in [2.75, 3.05) is 30.4 Å². The van der Waals surface area contributed by atoms with Gasteiger partial charge in [0.15, 0.2) is 0 Å². The highest BCUT2D eigenvalue weighted by Crippen LogP contribution is 2.13. The molecular formula is C15H17N5. The second kappa shape index (κ2) is 7.10. The van der Waals surface area contributed by atoms with Crippen LogP contribution in [0.15, 0.2) is 42.7 Å². The first-order chi connectivity index (χ1) is 9.79. The number of hydrogen-bond donors (Lipinski definition) is 1. The van der Waals surface area contributed by atoms with Gasteiger partial charge in [0.05, 0.1) is 6.07 Å². The summed E-state index contributed by atoms with van der Waals surface area (Å²) in [6.45, 7) is 1.11. The molecule has 1 aromatic heterocycles. The Labute approximate surface area is 118 Å². The second-order valence-electron chi connectivity index (χ2n) is 4.43. The SMILES string of the molecule is CN(CCc1ccccc1)c1cc(NCC#N)ncn1. The Morgan fingerprint density at radius 2 is 2.05 bits per heavy atom. The number of nitrogens with one attached hydrogen (secondary N) is 1. The van der Waals surface area contributed by atoms with E-state index in [1.807, 2.05) is 37.4 Å². The third kappa shape index (κ3) is 3.95. The number of anilines is 2. The number of nitrogens with zero attached hydrogens (tertiary/aromatic N) is 4. The van der Waals surface area contributed by atoms with Gasteiger partial charge in [-0.05, 0) is 12.0 Å². The fraction of sp³-hybridized carbons (Fsp3) is 0.267. The third-order valence-electron chi connectivity index (χ3n) is 2.97. The van der Waals surface area contributed by atoms with E-state index in [2.05, 4.69) is 32.3 Å². The predicted octanol–water partition coefficient (Wildman–Crippen LogP) is 2.09. The highest BCUT2D eigenvalue weighted by Gasteiger charge is 2.04. The maximum atomic E-state index is 8.55. The zero-order valence-corrected chi connectivity index (χ0v) is 11.5. The van der Waals surface area contributed by atoms with E-state index < -0.39 is 0 Å². The minimum absolute atomic E-state index is 0.240. The standard InChI is InChI=1S/C15H17N5/c1-20(10-7-13-5-3-2-4-6-13)15-11-14(17-9-8-16)18-12-19-15/h2-6,11-12H,7,9-10H2,1H3,(H,17,18,19). The molecule has 102 valence electrons. The molecule has 0 saturated carbocycles. The van der Waals surface area contributed by atoms with Gasteiger partial charge in [-0.3, -0.25) is 0 Å². The molecule has 0 atom stereocenters. The largest absolute Gasteiger partial charge is 0.359 e. The van der Waals surface area contributed by atoms with Crippen molar-refractivity contribution < 1.29 is 0 Å². The number of nitriles is 1. The maximum absolute atomic E-state index is 8.55. The van der Waals surface area contributed by atoms with Crippen LogP contribution in [0.1, 0.15) is 5.56 Å². The smallest absolute Gasteiger partial charge is 0.133 e. The lowest BCUT2D eigenvalue weighted by Crippen LogP contribution is -2.21. The number of rotatable bonds is 6. The Morgan fingerprint density at radius 3 is 2.80 bits per heavy atom. The minimum Gasteiger partial charge on any atom is -0.359 e. The molecule has 0 unspecified atom stereocenters. The van der Waals surface area contributed by atoms with Gasteiger partial charge < -0.3 is 10.2 Å². The average Bonchev–Trinajstić information content (AvgIpc) is 2.52. The molecule has 2 aromatic rings. The number of hydrogen-bond acceptors (Lipinski definition) is 5. The molecule has 5 nitrogen and oxygen atoms in total. The van der Waals surface area contributed by atoms with Crippen LogP contribution in [0.3, 0.4) is 0 Å². The molecule has 1 N–H and O–H groups in total. The van der Waals surface area contributed by atoms with Crippen molar-refractivity contribution in [3.05, 3.63) is 48.3 Å². The van der Waals surface area contributed by atoms with Gasteiger partial charge in [-0.2, -0.15) is 5.26 Å². The lowest BCUT2D eigenvalue weighted by atomic mass is 10.1. The van der Waals surface area contributed by atoms with Gasteiger partial charge in [0, 0.05) is 19.7 Å². The highest BCUT2D eigenvalue weighted by molar-refractivity contribution is 5.48. The molecule has 0 aliphatic rings. The van der Waals surface area contributed by atoms with E-state index >= 15 is 0 Å². The van der Waals surface area contributed by atoms with Crippen molar-refractivity contribution in [2.45, 2.75) is 6.42 Å². The molecule has 0 spiro atoms. The lowest BCUT2D eigenvalue weighted by Gasteiger charge is -2.18. The van der Waals surface area contributed by atoms with E-state index in [1.165, 1.54) is 11.9 Å². The molecule has 0 radical (unpaired) electrons. The van der Waals surface area contributed by atoms with Gasteiger partial charge in [0.2, 0.25) is 0 Å². The molecule has 1 heterocycles. The zero-order valence-electron chi connectivity index (χ0n) is 11.5. The lowest BCUT2D eigenvalue weighted by molar-refractivity contribution is 0.856. The van der Waals surface area contributed by atoms with Crippen LogP contribution < -0.4 is 10.2 Å². The fourth-order valence-corrected chi connectivity index (χ4v) is 1.84. The summed E-state index contributed by atoms with van der Waals surface area (Å²) in [5.74, 6) is 1.51. The van der Waals surface area contributed by atoms with Gasteiger partial charge in [0.25, 0.3) is 0 Å². The molecule has 0 saturated heterocycles. The number of likely N-dealkylation sites (N-methyl/N-ethyl adjacent to an activating group) is 1. The first kappa shape index (κ1) is 13.8. The Hall–Kier alpha value is -2.61. The average molecular weight is 267 g/mol. The van der Waals surface area contributed by atoms with Gasteiger partial charge >= 0.3 is 0 Å². The van der Waals surface area contributed by atoms with E-state index in [9.17, 15) is 0 Å².